The smallest absolute Gasteiger partial charge is 0.206 e. The standard InChI is InChI=1S/C16H16IN3O/c1-10(2)21-14-9-5-8-13-15(14)19-16(18)20(13)12-7-4-3-6-11(12)17/h3-10H,1-2H3,(H2,18,19). The van der Waals surface area contributed by atoms with Crippen molar-refractivity contribution in [3.63, 3.8) is 0 Å². The van der Waals surface area contributed by atoms with E-state index in [9.17, 15) is 0 Å². The van der Waals surface area contributed by atoms with Crippen LogP contribution in [-0.2, 0) is 0 Å². The second kappa shape index (κ2) is 5.55. The topological polar surface area (TPSA) is 53.1 Å². The maximum Gasteiger partial charge on any atom is 0.206 e. The number of anilines is 1. The Morgan fingerprint density at radius 1 is 1.14 bits per heavy atom. The lowest BCUT2D eigenvalue weighted by Crippen LogP contribution is -2.05. The predicted molar refractivity (Wildman–Crippen MR) is 94.0 cm³/mol. The highest BCUT2D eigenvalue weighted by Gasteiger charge is 2.15. The third-order valence-corrected chi connectivity index (χ3v) is 4.04. The number of nitrogens with two attached hydrogens (primary N) is 1. The third kappa shape index (κ3) is 2.57. The summed E-state index contributed by atoms with van der Waals surface area (Å²) in [6, 6.07) is 14.0. The Kier molecular flexibility index (Phi) is 3.75. The minimum Gasteiger partial charge on any atom is -0.489 e. The number of fused-ring (bicyclic) bond motifs is 1. The third-order valence-electron chi connectivity index (χ3n) is 3.13. The predicted octanol–water partition coefficient (Wildman–Crippen LogP) is 4.00. The number of hydrogen-bond donors (Lipinski definition) is 1. The Balaban J connectivity index is 2.26. The van der Waals surface area contributed by atoms with Crippen molar-refractivity contribution < 1.29 is 4.74 Å². The maximum atomic E-state index is 6.15. The van der Waals surface area contributed by atoms with Gasteiger partial charge in [0.05, 0.1) is 17.3 Å². The number of nitrogens with zero attached hydrogens (tertiary/aromatic N) is 2. The minimum absolute atomic E-state index is 0.0961. The SMILES string of the molecule is CC(C)Oc1cccc2c1nc(N)n2-c1ccccc1I. The van der Waals surface area contributed by atoms with Gasteiger partial charge in [0.15, 0.2) is 0 Å². The highest BCUT2D eigenvalue weighted by atomic mass is 127. The molecule has 21 heavy (non-hydrogen) atoms. The summed E-state index contributed by atoms with van der Waals surface area (Å²) in [6.07, 6.45) is 0.0961. The first-order valence-corrected chi connectivity index (χ1v) is 7.84. The molecule has 0 radical (unpaired) electrons. The number of hydrogen-bond acceptors (Lipinski definition) is 3. The van der Waals surface area contributed by atoms with Crippen LogP contribution in [0.4, 0.5) is 5.95 Å². The molecule has 0 spiro atoms. The van der Waals surface area contributed by atoms with Gasteiger partial charge in [0, 0.05) is 3.57 Å². The molecular formula is C16H16IN3O. The summed E-state index contributed by atoms with van der Waals surface area (Å²) >= 11 is 2.30. The van der Waals surface area contributed by atoms with E-state index in [1.807, 2.05) is 54.8 Å². The lowest BCUT2D eigenvalue weighted by atomic mass is 10.2. The largest absolute Gasteiger partial charge is 0.489 e. The van der Waals surface area contributed by atoms with Crippen LogP contribution in [0.15, 0.2) is 42.5 Å². The number of benzene rings is 2. The molecule has 0 saturated carbocycles. The molecule has 0 saturated heterocycles. The molecule has 108 valence electrons. The Hall–Kier alpha value is -1.76. The highest BCUT2D eigenvalue weighted by molar-refractivity contribution is 14.1. The van der Waals surface area contributed by atoms with Gasteiger partial charge in [0.25, 0.3) is 0 Å². The first kappa shape index (κ1) is 14.2. The summed E-state index contributed by atoms with van der Waals surface area (Å²) in [6.45, 7) is 4.00. The van der Waals surface area contributed by atoms with Gasteiger partial charge in [-0.05, 0) is 60.7 Å². The normalized spacial score (nSPS) is 11.2. The quantitative estimate of drug-likeness (QED) is 0.685. The van der Waals surface area contributed by atoms with E-state index in [4.69, 9.17) is 10.5 Å². The van der Waals surface area contributed by atoms with E-state index in [-0.39, 0.29) is 6.10 Å². The van der Waals surface area contributed by atoms with Crippen LogP contribution < -0.4 is 10.5 Å². The van der Waals surface area contributed by atoms with Crippen LogP contribution in [0, 0.1) is 3.57 Å². The fraction of sp³-hybridized carbons (Fsp3) is 0.188. The molecule has 0 aliphatic carbocycles. The number of para-hydroxylation sites is 2. The summed E-state index contributed by atoms with van der Waals surface area (Å²) in [5.41, 5.74) is 8.92. The molecule has 1 heterocycles. The fourth-order valence-electron chi connectivity index (χ4n) is 2.33. The van der Waals surface area contributed by atoms with Crippen molar-refractivity contribution in [3.05, 3.63) is 46.0 Å². The van der Waals surface area contributed by atoms with Gasteiger partial charge in [-0.3, -0.25) is 4.57 Å². The van der Waals surface area contributed by atoms with E-state index in [0.29, 0.717) is 5.95 Å². The Morgan fingerprint density at radius 2 is 1.90 bits per heavy atom. The lowest BCUT2D eigenvalue weighted by Gasteiger charge is -2.11. The minimum atomic E-state index is 0.0961. The molecular weight excluding hydrogens is 377 g/mol. The van der Waals surface area contributed by atoms with Crippen molar-refractivity contribution >= 4 is 39.6 Å². The van der Waals surface area contributed by atoms with Gasteiger partial charge in [0.1, 0.15) is 11.3 Å². The van der Waals surface area contributed by atoms with Crippen molar-refractivity contribution in [3.8, 4) is 11.4 Å². The van der Waals surface area contributed by atoms with Crippen LogP contribution in [0.5, 0.6) is 5.75 Å². The molecule has 2 aromatic carbocycles. The van der Waals surface area contributed by atoms with Gasteiger partial charge in [-0.25, -0.2) is 4.98 Å². The van der Waals surface area contributed by atoms with Crippen molar-refractivity contribution in [2.75, 3.05) is 5.73 Å². The molecule has 0 aliphatic rings. The molecule has 0 unspecified atom stereocenters. The van der Waals surface area contributed by atoms with Gasteiger partial charge in [0.2, 0.25) is 5.95 Å². The van der Waals surface area contributed by atoms with Crippen LogP contribution in [-0.4, -0.2) is 15.7 Å². The zero-order valence-electron chi connectivity index (χ0n) is 11.9. The number of aromatic nitrogens is 2. The summed E-state index contributed by atoms with van der Waals surface area (Å²) in [4.78, 5) is 4.50. The average molecular weight is 393 g/mol. The zero-order chi connectivity index (χ0) is 15.0. The number of halogens is 1. The van der Waals surface area contributed by atoms with Gasteiger partial charge < -0.3 is 10.5 Å². The van der Waals surface area contributed by atoms with E-state index in [2.05, 4.69) is 33.6 Å². The number of ether oxygens (including phenoxy) is 1. The van der Waals surface area contributed by atoms with Gasteiger partial charge in [-0.15, -0.1) is 0 Å². The molecule has 0 fully saturated rings. The van der Waals surface area contributed by atoms with Gasteiger partial charge in [-0.1, -0.05) is 18.2 Å². The van der Waals surface area contributed by atoms with Crippen LogP contribution in [0.2, 0.25) is 0 Å². The Bertz CT molecular complexity index is 795. The molecule has 3 aromatic rings. The van der Waals surface area contributed by atoms with Gasteiger partial charge in [-0.2, -0.15) is 0 Å². The maximum absolute atomic E-state index is 6.15. The number of rotatable bonds is 3. The first-order chi connectivity index (χ1) is 10.1. The molecule has 0 aliphatic heterocycles. The number of nitrogen functional groups attached to an aromatic ring is 1. The first-order valence-electron chi connectivity index (χ1n) is 6.76. The fourth-order valence-corrected chi connectivity index (χ4v) is 2.96. The molecule has 5 heteroatoms. The van der Waals surface area contributed by atoms with E-state index >= 15 is 0 Å². The van der Waals surface area contributed by atoms with E-state index in [0.717, 1.165) is 26.0 Å². The van der Waals surface area contributed by atoms with Crippen molar-refractivity contribution in [2.45, 2.75) is 20.0 Å². The second-order valence-corrected chi connectivity index (χ2v) is 6.21. The van der Waals surface area contributed by atoms with Crippen LogP contribution in [0.25, 0.3) is 16.7 Å². The van der Waals surface area contributed by atoms with Gasteiger partial charge >= 0.3 is 0 Å². The van der Waals surface area contributed by atoms with Crippen molar-refractivity contribution in [1.29, 1.82) is 0 Å². The molecule has 3 rings (SSSR count). The van der Waals surface area contributed by atoms with Crippen LogP contribution in [0.1, 0.15) is 13.8 Å². The molecule has 0 atom stereocenters. The summed E-state index contributed by atoms with van der Waals surface area (Å²) < 4.78 is 8.91. The van der Waals surface area contributed by atoms with Crippen molar-refractivity contribution in [1.82, 2.24) is 9.55 Å². The average Bonchev–Trinajstić information content (AvgIpc) is 2.76. The highest BCUT2D eigenvalue weighted by Crippen LogP contribution is 2.31. The summed E-state index contributed by atoms with van der Waals surface area (Å²) in [5.74, 6) is 1.23. The lowest BCUT2D eigenvalue weighted by molar-refractivity contribution is 0.245. The molecule has 0 bridgehead atoms. The summed E-state index contributed by atoms with van der Waals surface area (Å²) in [7, 11) is 0. The Morgan fingerprint density at radius 3 is 2.62 bits per heavy atom. The number of imidazole rings is 1. The van der Waals surface area contributed by atoms with Crippen LogP contribution in [0.3, 0.4) is 0 Å². The van der Waals surface area contributed by atoms with E-state index in [1.54, 1.807) is 0 Å². The van der Waals surface area contributed by atoms with E-state index < -0.39 is 0 Å². The molecule has 2 N–H and O–H groups in total. The van der Waals surface area contributed by atoms with Crippen molar-refractivity contribution in [2.24, 2.45) is 0 Å². The summed E-state index contributed by atoms with van der Waals surface area (Å²) in [5, 5.41) is 0. The Labute approximate surface area is 137 Å². The monoisotopic (exact) mass is 393 g/mol. The molecule has 0 amide bonds. The molecule has 4 nitrogen and oxygen atoms in total. The van der Waals surface area contributed by atoms with Crippen LogP contribution >= 0.6 is 22.6 Å². The van der Waals surface area contributed by atoms with E-state index in [1.165, 1.54) is 0 Å². The zero-order valence-corrected chi connectivity index (χ0v) is 14.0. The molecule has 1 aromatic heterocycles. The second-order valence-electron chi connectivity index (χ2n) is 5.05.